The molecule has 3 nitrogen and oxygen atoms in total. The van der Waals surface area contributed by atoms with Gasteiger partial charge in [-0.25, -0.2) is 8.78 Å². The molecule has 0 spiro atoms. The molecule has 0 fully saturated rings. The van der Waals surface area contributed by atoms with Crippen LogP contribution in [0.25, 0.3) is 0 Å². The second-order valence-electron chi connectivity index (χ2n) is 4.02. The Morgan fingerprint density at radius 1 is 1.35 bits per heavy atom. The Kier molecular flexibility index (Phi) is 4.57. The predicted octanol–water partition coefficient (Wildman–Crippen LogP) is 1.81. The number of nitrogens with zero attached hydrogens (tertiary/aromatic N) is 1. The first-order chi connectivity index (χ1) is 7.90. The highest BCUT2D eigenvalue weighted by molar-refractivity contribution is 5.94. The molecule has 1 amide bonds. The summed E-state index contributed by atoms with van der Waals surface area (Å²) in [6, 6.07) is 2.70. The van der Waals surface area contributed by atoms with Gasteiger partial charge < -0.3 is 10.0 Å². The van der Waals surface area contributed by atoms with E-state index in [2.05, 4.69) is 0 Å². The first kappa shape index (κ1) is 13.6. The highest BCUT2D eigenvalue weighted by Gasteiger charge is 2.14. The lowest BCUT2D eigenvalue weighted by atomic mass is 10.2. The third kappa shape index (κ3) is 4.11. The van der Waals surface area contributed by atoms with E-state index < -0.39 is 23.6 Å². The zero-order valence-corrected chi connectivity index (χ0v) is 9.78. The summed E-state index contributed by atoms with van der Waals surface area (Å²) >= 11 is 0. The molecule has 1 N–H and O–H groups in total. The summed E-state index contributed by atoms with van der Waals surface area (Å²) in [6.07, 6.45) is -0.102. The summed E-state index contributed by atoms with van der Waals surface area (Å²) < 4.78 is 25.8. The first-order valence-corrected chi connectivity index (χ1v) is 5.29. The molecule has 0 aromatic heterocycles. The fourth-order valence-electron chi connectivity index (χ4n) is 1.38. The highest BCUT2D eigenvalue weighted by Crippen LogP contribution is 2.10. The number of benzene rings is 1. The number of rotatable bonds is 4. The van der Waals surface area contributed by atoms with Crippen molar-refractivity contribution in [3.8, 4) is 0 Å². The van der Waals surface area contributed by atoms with Crippen LogP contribution >= 0.6 is 0 Å². The van der Waals surface area contributed by atoms with E-state index in [0.717, 1.165) is 12.1 Å². The molecule has 1 rings (SSSR count). The molecule has 1 unspecified atom stereocenters. The van der Waals surface area contributed by atoms with Crippen LogP contribution in [0.15, 0.2) is 18.2 Å². The van der Waals surface area contributed by atoms with Gasteiger partial charge in [0.05, 0.1) is 6.10 Å². The van der Waals surface area contributed by atoms with E-state index in [1.807, 2.05) is 0 Å². The number of carbonyl (C=O) groups is 1. The molecule has 0 radical (unpaired) electrons. The highest BCUT2D eigenvalue weighted by atomic mass is 19.1. The normalized spacial score (nSPS) is 12.3. The topological polar surface area (TPSA) is 40.5 Å². The minimum absolute atomic E-state index is 0.0319. The van der Waals surface area contributed by atoms with E-state index in [1.54, 1.807) is 6.92 Å². The van der Waals surface area contributed by atoms with Crippen molar-refractivity contribution in [3.63, 3.8) is 0 Å². The maximum atomic E-state index is 12.9. The largest absolute Gasteiger partial charge is 0.393 e. The van der Waals surface area contributed by atoms with E-state index >= 15 is 0 Å². The summed E-state index contributed by atoms with van der Waals surface area (Å²) in [5.74, 6) is -2.03. The van der Waals surface area contributed by atoms with E-state index in [4.69, 9.17) is 5.11 Å². The van der Waals surface area contributed by atoms with Crippen molar-refractivity contribution in [2.24, 2.45) is 0 Å². The zero-order chi connectivity index (χ0) is 13.0. The Hall–Kier alpha value is -1.49. The minimum atomic E-state index is -0.780. The third-order valence-corrected chi connectivity index (χ3v) is 2.34. The average Bonchev–Trinajstić information content (AvgIpc) is 2.23. The quantitative estimate of drug-likeness (QED) is 0.876. The Morgan fingerprint density at radius 3 is 2.35 bits per heavy atom. The Labute approximate surface area is 98.7 Å². The van der Waals surface area contributed by atoms with Crippen molar-refractivity contribution in [2.45, 2.75) is 19.4 Å². The van der Waals surface area contributed by atoms with Gasteiger partial charge in [-0.15, -0.1) is 0 Å². The molecule has 0 aliphatic carbocycles. The Balaban J connectivity index is 2.74. The Morgan fingerprint density at radius 2 is 1.88 bits per heavy atom. The molecular formula is C12H15F2NO2. The lowest BCUT2D eigenvalue weighted by Crippen LogP contribution is -2.29. The number of carbonyl (C=O) groups excluding carboxylic acids is 1. The number of halogens is 2. The molecule has 0 aliphatic heterocycles. The van der Waals surface area contributed by atoms with Crippen molar-refractivity contribution >= 4 is 5.91 Å². The maximum Gasteiger partial charge on any atom is 0.253 e. The summed E-state index contributed by atoms with van der Waals surface area (Å²) in [5, 5.41) is 9.08. The summed E-state index contributed by atoms with van der Waals surface area (Å²) in [7, 11) is 1.52. The molecule has 0 saturated carbocycles. The van der Waals surface area contributed by atoms with E-state index in [0.29, 0.717) is 19.0 Å². The minimum Gasteiger partial charge on any atom is -0.393 e. The van der Waals surface area contributed by atoms with Crippen molar-refractivity contribution in [3.05, 3.63) is 35.4 Å². The number of aliphatic hydroxyl groups is 1. The number of hydrogen-bond acceptors (Lipinski definition) is 2. The maximum absolute atomic E-state index is 12.9. The van der Waals surface area contributed by atoms with Crippen LogP contribution in [0.5, 0.6) is 0 Å². The lowest BCUT2D eigenvalue weighted by molar-refractivity contribution is 0.0768. The molecule has 0 heterocycles. The number of amides is 1. The van der Waals surface area contributed by atoms with Gasteiger partial charge in [0.25, 0.3) is 5.91 Å². The van der Waals surface area contributed by atoms with E-state index in [1.165, 1.54) is 11.9 Å². The summed E-state index contributed by atoms with van der Waals surface area (Å²) in [5.41, 5.74) is -0.0319. The summed E-state index contributed by atoms with van der Waals surface area (Å²) in [4.78, 5) is 13.1. The van der Waals surface area contributed by atoms with Crippen LogP contribution < -0.4 is 0 Å². The van der Waals surface area contributed by atoms with E-state index in [9.17, 15) is 13.6 Å². The Bertz CT molecular complexity index is 387. The van der Waals surface area contributed by atoms with Crippen molar-refractivity contribution < 1.29 is 18.7 Å². The van der Waals surface area contributed by atoms with Crippen molar-refractivity contribution in [1.82, 2.24) is 4.90 Å². The third-order valence-electron chi connectivity index (χ3n) is 2.34. The van der Waals surface area contributed by atoms with Gasteiger partial charge >= 0.3 is 0 Å². The van der Waals surface area contributed by atoms with Gasteiger partial charge in [-0.2, -0.15) is 0 Å². The van der Waals surface area contributed by atoms with Gasteiger partial charge in [0.2, 0.25) is 0 Å². The fraction of sp³-hybridized carbons (Fsp3) is 0.417. The number of aliphatic hydroxyl groups excluding tert-OH is 1. The van der Waals surface area contributed by atoms with Crippen molar-refractivity contribution in [1.29, 1.82) is 0 Å². The van der Waals surface area contributed by atoms with Crippen LogP contribution in [0.4, 0.5) is 8.78 Å². The summed E-state index contributed by atoms with van der Waals surface area (Å²) in [6.45, 7) is 1.94. The average molecular weight is 243 g/mol. The zero-order valence-electron chi connectivity index (χ0n) is 9.78. The molecule has 1 atom stereocenters. The number of hydrogen-bond donors (Lipinski definition) is 1. The smallest absolute Gasteiger partial charge is 0.253 e. The molecule has 0 bridgehead atoms. The van der Waals surface area contributed by atoms with Crippen LogP contribution in [0, 0.1) is 11.6 Å². The van der Waals surface area contributed by atoms with Gasteiger partial charge in [-0.05, 0) is 25.5 Å². The van der Waals surface area contributed by atoms with Crippen LogP contribution in [0.1, 0.15) is 23.7 Å². The predicted molar refractivity (Wildman–Crippen MR) is 59.6 cm³/mol. The van der Waals surface area contributed by atoms with Crippen LogP contribution in [0.3, 0.4) is 0 Å². The molecule has 0 saturated heterocycles. The second kappa shape index (κ2) is 5.72. The van der Waals surface area contributed by atoms with Crippen LogP contribution in [-0.2, 0) is 0 Å². The standard InChI is InChI=1S/C12H15F2NO2/c1-8(16)3-4-15(2)12(17)9-5-10(13)7-11(14)6-9/h5-8,16H,3-4H2,1-2H3. The van der Waals surface area contributed by atoms with Gasteiger partial charge in [0, 0.05) is 25.2 Å². The molecular weight excluding hydrogens is 228 g/mol. The molecule has 17 heavy (non-hydrogen) atoms. The molecule has 1 aromatic carbocycles. The van der Waals surface area contributed by atoms with Crippen LogP contribution in [0.2, 0.25) is 0 Å². The van der Waals surface area contributed by atoms with Gasteiger partial charge in [-0.1, -0.05) is 0 Å². The first-order valence-electron chi connectivity index (χ1n) is 5.29. The fourth-order valence-corrected chi connectivity index (χ4v) is 1.38. The molecule has 5 heteroatoms. The SMILES string of the molecule is CC(O)CCN(C)C(=O)c1cc(F)cc(F)c1. The van der Waals surface area contributed by atoms with Crippen LogP contribution in [-0.4, -0.2) is 35.6 Å². The molecule has 0 aliphatic rings. The molecule has 1 aromatic rings. The second-order valence-corrected chi connectivity index (χ2v) is 4.02. The lowest BCUT2D eigenvalue weighted by Gasteiger charge is -2.18. The van der Waals surface area contributed by atoms with Gasteiger partial charge in [-0.3, -0.25) is 4.79 Å². The van der Waals surface area contributed by atoms with Crippen molar-refractivity contribution in [2.75, 3.05) is 13.6 Å². The van der Waals surface area contributed by atoms with Gasteiger partial charge in [0.15, 0.2) is 0 Å². The monoisotopic (exact) mass is 243 g/mol. The van der Waals surface area contributed by atoms with E-state index in [-0.39, 0.29) is 5.56 Å². The molecule has 94 valence electrons. The van der Waals surface area contributed by atoms with Gasteiger partial charge in [0.1, 0.15) is 11.6 Å².